The molecule has 0 aliphatic carbocycles. The Morgan fingerprint density at radius 1 is 0.971 bits per heavy atom. The number of nitrogens with zero attached hydrogens (tertiary/aromatic N) is 2. The number of amides is 1. The third-order valence-electron chi connectivity index (χ3n) is 5.62. The number of nitrogens with one attached hydrogen (secondary N) is 1. The molecule has 4 rings (SSSR count). The predicted octanol–water partition coefficient (Wildman–Crippen LogP) is 4.50. The quantitative estimate of drug-likeness (QED) is 0.477. The number of rotatable bonds is 9. The van der Waals surface area contributed by atoms with E-state index in [1.165, 1.54) is 0 Å². The van der Waals surface area contributed by atoms with Crippen LogP contribution in [0.4, 0.5) is 11.4 Å². The number of hydrogen-bond donors (Lipinski definition) is 1. The zero-order chi connectivity index (χ0) is 24.1. The molecule has 3 aromatic carbocycles. The average Bonchev–Trinajstić information content (AvgIpc) is 3.17. The summed E-state index contributed by atoms with van der Waals surface area (Å²) in [5.74, 6) is 1.17. The SMILES string of the molecule is COc1cc2c(cc1OC)C(C(=Nc1ccc(OCCN(C)C)cc1)c1ccccc1)C(=O)N2. The monoisotopic (exact) mass is 459 g/mol. The topological polar surface area (TPSA) is 72.4 Å². The molecule has 0 saturated carbocycles. The number of methoxy groups -OCH3 is 2. The van der Waals surface area contributed by atoms with Crippen LogP contribution in [0.3, 0.4) is 0 Å². The van der Waals surface area contributed by atoms with Crippen LogP contribution >= 0.6 is 0 Å². The lowest BCUT2D eigenvalue weighted by Gasteiger charge is -2.16. The van der Waals surface area contributed by atoms with Gasteiger partial charge in [-0.1, -0.05) is 30.3 Å². The Morgan fingerprint density at radius 3 is 2.29 bits per heavy atom. The number of fused-ring (bicyclic) bond motifs is 1. The Balaban J connectivity index is 1.72. The van der Waals surface area contributed by atoms with Gasteiger partial charge < -0.3 is 24.4 Å². The highest BCUT2D eigenvalue weighted by Crippen LogP contribution is 2.42. The first kappa shape index (κ1) is 23.3. The predicted molar refractivity (Wildman–Crippen MR) is 134 cm³/mol. The van der Waals surface area contributed by atoms with Gasteiger partial charge in [0.25, 0.3) is 0 Å². The number of anilines is 1. The summed E-state index contributed by atoms with van der Waals surface area (Å²) in [6, 6.07) is 21.0. The summed E-state index contributed by atoms with van der Waals surface area (Å²) in [6.07, 6.45) is 0. The Kier molecular flexibility index (Phi) is 7.13. The van der Waals surface area contributed by atoms with Gasteiger partial charge in [-0.15, -0.1) is 0 Å². The van der Waals surface area contributed by atoms with E-state index in [0.717, 1.165) is 29.1 Å². The summed E-state index contributed by atoms with van der Waals surface area (Å²) in [6.45, 7) is 1.44. The van der Waals surface area contributed by atoms with Crippen molar-refractivity contribution in [3.05, 3.63) is 77.9 Å². The largest absolute Gasteiger partial charge is 0.493 e. The lowest BCUT2D eigenvalue weighted by atomic mass is 9.90. The summed E-state index contributed by atoms with van der Waals surface area (Å²) < 4.78 is 16.7. The lowest BCUT2D eigenvalue weighted by Crippen LogP contribution is -2.22. The zero-order valence-electron chi connectivity index (χ0n) is 19.9. The third kappa shape index (κ3) is 5.05. The molecule has 1 N–H and O–H groups in total. The number of hydrogen-bond acceptors (Lipinski definition) is 6. The van der Waals surface area contributed by atoms with Crippen LogP contribution in [0.5, 0.6) is 17.2 Å². The maximum Gasteiger partial charge on any atom is 0.238 e. The van der Waals surface area contributed by atoms with E-state index in [9.17, 15) is 4.79 Å². The van der Waals surface area contributed by atoms with Crippen molar-refractivity contribution in [3.63, 3.8) is 0 Å². The fraction of sp³-hybridized carbons (Fsp3) is 0.259. The van der Waals surface area contributed by atoms with E-state index in [4.69, 9.17) is 19.2 Å². The molecule has 176 valence electrons. The molecule has 0 spiro atoms. The van der Waals surface area contributed by atoms with E-state index in [0.29, 0.717) is 29.5 Å². The molecule has 7 heteroatoms. The van der Waals surface area contributed by atoms with Crippen LogP contribution in [0.25, 0.3) is 0 Å². The van der Waals surface area contributed by atoms with Crippen molar-refractivity contribution in [1.82, 2.24) is 4.90 Å². The van der Waals surface area contributed by atoms with Gasteiger partial charge in [0.05, 0.1) is 25.6 Å². The Hall–Kier alpha value is -3.84. The first-order valence-electron chi connectivity index (χ1n) is 11.1. The zero-order valence-corrected chi connectivity index (χ0v) is 19.9. The van der Waals surface area contributed by atoms with Crippen molar-refractivity contribution in [1.29, 1.82) is 0 Å². The van der Waals surface area contributed by atoms with Gasteiger partial charge in [-0.25, -0.2) is 0 Å². The average molecular weight is 460 g/mol. The normalized spacial score (nSPS) is 15.1. The maximum atomic E-state index is 13.2. The molecule has 1 atom stereocenters. The number of benzene rings is 3. The minimum absolute atomic E-state index is 0.142. The number of likely N-dealkylation sites (N-methyl/N-ethyl adjacent to an activating group) is 1. The van der Waals surface area contributed by atoms with Crippen LogP contribution in [0.1, 0.15) is 17.0 Å². The number of ether oxygens (including phenoxy) is 3. The van der Waals surface area contributed by atoms with Gasteiger partial charge in [0.15, 0.2) is 11.5 Å². The molecular formula is C27H29N3O4. The highest BCUT2D eigenvalue weighted by molar-refractivity contribution is 6.24. The van der Waals surface area contributed by atoms with Gasteiger partial charge in [0, 0.05) is 18.3 Å². The number of carbonyl (C=O) groups is 1. The highest BCUT2D eigenvalue weighted by atomic mass is 16.5. The minimum atomic E-state index is -0.590. The van der Waals surface area contributed by atoms with Crippen molar-refractivity contribution in [2.75, 3.05) is 46.8 Å². The second-order valence-corrected chi connectivity index (χ2v) is 8.23. The van der Waals surface area contributed by atoms with E-state index < -0.39 is 5.92 Å². The smallest absolute Gasteiger partial charge is 0.238 e. The van der Waals surface area contributed by atoms with Gasteiger partial charge in [0.1, 0.15) is 18.3 Å². The van der Waals surface area contributed by atoms with E-state index >= 15 is 0 Å². The Morgan fingerprint density at radius 2 is 1.65 bits per heavy atom. The summed E-state index contributed by atoms with van der Waals surface area (Å²) in [5.41, 5.74) is 3.76. The summed E-state index contributed by atoms with van der Waals surface area (Å²) in [5, 5.41) is 2.97. The second-order valence-electron chi connectivity index (χ2n) is 8.23. The van der Waals surface area contributed by atoms with E-state index in [-0.39, 0.29) is 5.91 Å². The molecule has 1 aliphatic rings. The van der Waals surface area contributed by atoms with E-state index in [2.05, 4.69) is 10.2 Å². The molecule has 34 heavy (non-hydrogen) atoms. The van der Waals surface area contributed by atoms with Crippen molar-refractivity contribution in [3.8, 4) is 17.2 Å². The summed E-state index contributed by atoms with van der Waals surface area (Å²) >= 11 is 0. The van der Waals surface area contributed by atoms with Gasteiger partial charge in [-0.3, -0.25) is 9.79 Å². The highest BCUT2D eigenvalue weighted by Gasteiger charge is 2.36. The van der Waals surface area contributed by atoms with Crippen molar-refractivity contribution in [2.24, 2.45) is 4.99 Å². The molecule has 7 nitrogen and oxygen atoms in total. The van der Waals surface area contributed by atoms with Gasteiger partial charge in [-0.2, -0.15) is 0 Å². The van der Waals surface area contributed by atoms with Crippen LogP contribution in [-0.2, 0) is 4.79 Å². The molecule has 1 unspecified atom stereocenters. The minimum Gasteiger partial charge on any atom is -0.493 e. The molecule has 0 radical (unpaired) electrons. The van der Waals surface area contributed by atoms with Gasteiger partial charge >= 0.3 is 0 Å². The van der Waals surface area contributed by atoms with Crippen LogP contribution in [-0.4, -0.2) is 58.0 Å². The molecule has 0 aromatic heterocycles. The molecule has 0 bridgehead atoms. The van der Waals surface area contributed by atoms with Crippen LogP contribution in [0.15, 0.2) is 71.7 Å². The Labute approximate surface area is 200 Å². The summed E-state index contributed by atoms with van der Waals surface area (Å²) in [4.78, 5) is 20.2. The molecule has 0 saturated heterocycles. The van der Waals surface area contributed by atoms with Crippen molar-refractivity contribution < 1.29 is 19.0 Å². The molecule has 3 aromatic rings. The fourth-order valence-corrected chi connectivity index (χ4v) is 3.87. The maximum absolute atomic E-state index is 13.2. The lowest BCUT2D eigenvalue weighted by molar-refractivity contribution is -0.115. The van der Waals surface area contributed by atoms with Crippen molar-refractivity contribution >= 4 is 23.0 Å². The fourth-order valence-electron chi connectivity index (χ4n) is 3.87. The Bertz CT molecular complexity index is 1170. The third-order valence-corrected chi connectivity index (χ3v) is 5.62. The number of aliphatic imine (C=N–C) groups is 1. The molecular weight excluding hydrogens is 430 g/mol. The second kappa shape index (κ2) is 10.4. The van der Waals surface area contributed by atoms with Crippen LogP contribution < -0.4 is 19.5 Å². The summed E-state index contributed by atoms with van der Waals surface area (Å²) in [7, 11) is 7.17. The van der Waals surface area contributed by atoms with Crippen LogP contribution in [0, 0.1) is 0 Å². The van der Waals surface area contributed by atoms with E-state index in [1.54, 1.807) is 20.3 Å². The molecule has 1 amide bonds. The molecule has 1 aliphatic heterocycles. The van der Waals surface area contributed by atoms with Crippen LogP contribution in [0.2, 0.25) is 0 Å². The van der Waals surface area contributed by atoms with Gasteiger partial charge in [0.2, 0.25) is 5.91 Å². The van der Waals surface area contributed by atoms with Crippen molar-refractivity contribution in [2.45, 2.75) is 5.92 Å². The molecule has 1 heterocycles. The first-order valence-corrected chi connectivity index (χ1v) is 11.1. The number of carbonyl (C=O) groups excluding carboxylic acids is 1. The first-order chi connectivity index (χ1) is 16.5. The van der Waals surface area contributed by atoms with E-state index in [1.807, 2.05) is 74.8 Å². The standard InChI is InChI=1S/C27H29N3O4/c1-30(2)14-15-34-20-12-10-19(11-13-20)28-26(18-8-6-5-7-9-18)25-21-16-23(32-3)24(33-4)17-22(21)29-27(25)31/h5-13,16-17,25H,14-15H2,1-4H3,(H,29,31). The van der Waals surface area contributed by atoms with Gasteiger partial charge in [-0.05, 0) is 55.6 Å². The molecule has 0 fully saturated rings.